The van der Waals surface area contributed by atoms with Crippen LogP contribution in [0.5, 0.6) is 0 Å². The number of rotatable bonds is 6. The Hall–Kier alpha value is -1.64. The number of nitrogens with zero attached hydrogens (tertiary/aromatic N) is 1. The molecule has 0 atom stereocenters. The highest BCUT2D eigenvalue weighted by Crippen LogP contribution is 2.19. The van der Waals surface area contributed by atoms with Crippen LogP contribution < -0.4 is 15.2 Å². The fourth-order valence-corrected chi connectivity index (χ4v) is 2.61. The first-order valence-corrected chi connectivity index (χ1v) is 7.32. The number of nitrogens with two attached hydrogens (primary N) is 1. The van der Waals surface area contributed by atoms with Crippen molar-refractivity contribution in [1.82, 2.24) is 9.44 Å². The van der Waals surface area contributed by atoms with Gasteiger partial charge in [-0.1, -0.05) is 29.4 Å². The average molecular weight is 284 g/mol. The van der Waals surface area contributed by atoms with Crippen LogP contribution in [-0.4, -0.2) is 25.5 Å². The molecule has 1 aliphatic carbocycles. The van der Waals surface area contributed by atoms with Crippen LogP contribution in [0.1, 0.15) is 24.0 Å². The Morgan fingerprint density at radius 2 is 2.00 bits per heavy atom. The van der Waals surface area contributed by atoms with Crippen LogP contribution in [-0.2, 0) is 16.8 Å². The molecule has 1 aromatic rings. The summed E-state index contributed by atoms with van der Waals surface area (Å²) >= 11 is 0. The molecule has 2 rings (SSSR count). The van der Waals surface area contributed by atoms with Crippen molar-refractivity contribution in [2.24, 2.45) is 10.9 Å². The number of nitrogens with one attached hydrogen (secondary N) is 2. The molecular weight excluding hydrogens is 268 g/mol. The average Bonchev–Trinajstić information content (AvgIpc) is 3.19. The van der Waals surface area contributed by atoms with Crippen LogP contribution in [0.3, 0.4) is 0 Å². The first-order chi connectivity index (χ1) is 9.00. The van der Waals surface area contributed by atoms with E-state index in [4.69, 9.17) is 10.9 Å². The van der Waals surface area contributed by atoms with E-state index in [0.717, 1.165) is 18.4 Å². The van der Waals surface area contributed by atoms with E-state index in [1.807, 2.05) is 0 Å². The van der Waals surface area contributed by atoms with E-state index < -0.39 is 10.2 Å². The number of oxime groups is 1. The van der Waals surface area contributed by atoms with Crippen molar-refractivity contribution in [3.8, 4) is 0 Å². The Morgan fingerprint density at radius 1 is 1.37 bits per heavy atom. The molecule has 1 saturated carbocycles. The predicted molar refractivity (Wildman–Crippen MR) is 70.9 cm³/mol. The molecule has 1 fully saturated rings. The Bertz CT molecular complexity index is 564. The lowest BCUT2D eigenvalue weighted by molar-refractivity contribution is 0.318. The molecular formula is C11H16N4O3S. The van der Waals surface area contributed by atoms with E-state index in [0.29, 0.717) is 5.56 Å². The molecule has 1 aliphatic rings. The highest BCUT2D eigenvalue weighted by Gasteiger charge is 2.26. The van der Waals surface area contributed by atoms with Gasteiger partial charge in [0.05, 0.1) is 0 Å². The zero-order chi connectivity index (χ0) is 13.9. The SMILES string of the molecule is N/C(=N/O)c1ccc(CNS(=O)(=O)NC2CC2)cc1. The molecule has 104 valence electrons. The molecule has 0 unspecified atom stereocenters. The summed E-state index contributed by atoms with van der Waals surface area (Å²) in [6.07, 6.45) is 1.80. The van der Waals surface area contributed by atoms with Gasteiger partial charge in [0.25, 0.3) is 10.2 Å². The zero-order valence-electron chi connectivity index (χ0n) is 10.2. The van der Waals surface area contributed by atoms with Gasteiger partial charge in [-0.2, -0.15) is 17.9 Å². The summed E-state index contributed by atoms with van der Waals surface area (Å²) in [6.45, 7) is 0.193. The number of hydrogen-bond donors (Lipinski definition) is 4. The lowest BCUT2D eigenvalue weighted by Crippen LogP contribution is -2.37. The van der Waals surface area contributed by atoms with Crippen LogP contribution in [0.2, 0.25) is 0 Å². The van der Waals surface area contributed by atoms with E-state index in [-0.39, 0.29) is 18.4 Å². The number of amidine groups is 1. The summed E-state index contributed by atoms with van der Waals surface area (Å²) in [6, 6.07) is 6.83. The molecule has 0 radical (unpaired) electrons. The molecule has 0 saturated heterocycles. The Kier molecular flexibility index (Phi) is 4.03. The minimum atomic E-state index is -3.44. The lowest BCUT2D eigenvalue weighted by Gasteiger charge is -2.07. The highest BCUT2D eigenvalue weighted by molar-refractivity contribution is 7.87. The van der Waals surface area contributed by atoms with Crippen molar-refractivity contribution in [1.29, 1.82) is 0 Å². The quantitative estimate of drug-likeness (QED) is 0.252. The van der Waals surface area contributed by atoms with Gasteiger partial charge < -0.3 is 10.9 Å². The number of benzene rings is 1. The van der Waals surface area contributed by atoms with Gasteiger partial charge in [-0.25, -0.2) is 0 Å². The number of hydrogen-bond acceptors (Lipinski definition) is 4. The standard InChI is InChI=1S/C11H16N4O3S/c12-11(14-16)9-3-1-8(2-4-9)7-13-19(17,18)15-10-5-6-10/h1-4,10,13,15-16H,5-7H2,(H2,12,14). The van der Waals surface area contributed by atoms with Crippen molar-refractivity contribution < 1.29 is 13.6 Å². The summed E-state index contributed by atoms with van der Waals surface area (Å²) in [5, 5.41) is 11.4. The van der Waals surface area contributed by atoms with Crippen molar-refractivity contribution in [2.45, 2.75) is 25.4 Å². The highest BCUT2D eigenvalue weighted by atomic mass is 32.2. The van der Waals surface area contributed by atoms with E-state index >= 15 is 0 Å². The van der Waals surface area contributed by atoms with Gasteiger partial charge >= 0.3 is 0 Å². The van der Waals surface area contributed by atoms with Gasteiger partial charge in [-0.05, 0) is 18.4 Å². The summed E-state index contributed by atoms with van der Waals surface area (Å²) in [5.41, 5.74) is 6.79. The fraction of sp³-hybridized carbons (Fsp3) is 0.364. The van der Waals surface area contributed by atoms with Gasteiger partial charge in [-0.3, -0.25) is 0 Å². The molecule has 19 heavy (non-hydrogen) atoms. The summed E-state index contributed by atoms with van der Waals surface area (Å²) in [7, 11) is -3.44. The Labute approximate surface area is 111 Å². The first-order valence-electron chi connectivity index (χ1n) is 5.84. The first kappa shape index (κ1) is 13.8. The Balaban J connectivity index is 1.92. The smallest absolute Gasteiger partial charge is 0.277 e. The molecule has 7 nitrogen and oxygen atoms in total. The largest absolute Gasteiger partial charge is 0.409 e. The molecule has 1 aromatic carbocycles. The van der Waals surface area contributed by atoms with Crippen LogP contribution in [0.4, 0.5) is 0 Å². The maximum atomic E-state index is 11.6. The van der Waals surface area contributed by atoms with Gasteiger partial charge in [0, 0.05) is 18.2 Å². The van der Waals surface area contributed by atoms with Gasteiger partial charge in [-0.15, -0.1) is 0 Å². The zero-order valence-corrected chi connectivity index (χ0v) is 11.0. The molecule has 0 aromatic heterocycles. The van der Waals surface area contributed by atoms with Crippen LogP contribution >= 0.6 is 0 Å². The second kappa shape index (κ2) is 5.55. The van der Waals surface area contributed by atoms with E-state index in [9.17, 15) is 8.42 Å². The van der Waals surface area contributed by atoms with E-state index in [1.54, 1.807) is 24.3 Å². The lowest BCUT2D eigenvalue weighted by atomic mass is 10.1. The van der Waals surface area contributed by atoms with Gasteiger partial charge in [0.15, 0.2) is 5.84 Å². The van der Waals surface area contributed by atoms with E-state index in [1.165, 1.54) is 0 Å². The molecule has 5 N–H and O–H groups in total. The maximum absolute atomic E-state index is 11.6. The van der Waals surface area contributed by atoms with Crippen molar-refractivity contribution in [3.63, 3.8) is 0 Å². The monoisotopic (exact) mass is 284 g/mol. The predicted octanol–water partition coefficient (Wildman–Crippen LogP) is -0.133. The minimum Gasteiger partial charge on any atom is -0.409 e. The van der Waals surface area contributed by atoms with Crippen LogP contribution in [0, 0.1) is 0 Å². The third-order valence-electron chi connectivity index (χ3n) is 2.72. The molecule has 0 aliphatic heterocycles. The minimum absolute atomic E-state index is 0.0162. The van der Waals surface area contributed by atoms with Crippen LogP contribution in [0.25, 0.3) is 0 Å². The maximum Gasteiger partial charge on any atom is 0.277 e. The van der Waals surface area contributed by atoms with Gasteiger partial charge in [0.1, 0.15) is 0 Å². The Morgan fingerprint density at radius 3 is 2.53 bits per heavy atom. The topological polar surface area (TPSA) is 117 Å². The fourth-order valence-electron chi connectivity index (χ4n) is 1.49. The van der Waals surface area contributed by atoms with Crippen molar-refractivity contribution in [3.05, 3.63) is 35.4 Å². The van der Waals surface area contributed by atoms with Crippen molar-refractivity contribution >= 4 is 16.0 Å². The molecule has 8 heteroatoms. The van der Waals surface area contributed by atoms with Gasteiger partial charge in [0.2, 0.25) is 0 Å². The summed E-state index contributed by atoms with van der Waals surface area (Å²) in [4.78, 5) is 0. The normalized spacial score (nSPS) is 16.5. The van der Waals surface area contributed by atoms with E-state index in [2.05, 4.69) is 14.6 Å². The molecule has 0 spiro atoms. The second-order valence-electron chi connectivity index (χ2n) is 4.40. The van der Waals surface area contributed by atoms with Crippen LogP contribution in [0.15, 0.2) is 29.4 Å². The summed E-state index contributed by atoms with van der Waals surface area (Å²) in [5.74, 6) is 0.0162. The third-order valence-corrected chi connectivity index (χ3v) is 3.89. The third kappa shape index (κ3) is 4.19. The molecule has 0 amide bonds. The molecule has 0 bridgehead atoms. The van der Waals surface area contributed by atoms with Crippen molar-refractivity contribution in [2.75, 3.05) is 0 Å². The molecule has 0 heterocycles. The summed E-state index contributed by atoms with van der Waals surface area (Å²) < 4.78 is 28.2. The second-order valence-corrected chi connectivity index (χ2v) is 5.93.